The zero-order chi connectivity index (χ0) is 13.1. The van der Waals surface area contributed by atoms with E-state index in [9.17, 15) is 9.18 Å². The fourth-order valence-electron chi connectivity index (χ4n) is 1.43. The molecule has 0 bridgehead atoms. The molecule has 18 heavy (non-hydrogen) atoms. The summed E-state index contributed by atoms with van der Waals surface area (Å²) in [6.45, 7) is 1.79. The van der Waals surface area contributed by atoms with E-state index in [1.165, 1.54) is 6.07 Å². The van der Waals surface area contributed by atoms with E-state index in [1.54, 1.807) is 13.0 Å². The number of hydrogen-bond acceptors (Lipinski definition) is 4. The van der Waals surface area contributed by atoms with Gasteiger partial charge in [0.1, 0.15) is 35.2 Å². The molecule has 5 nitrogen and oxygen atoms in total. The van der Waals surface area contributed by atoms with E-state index < -0.39 is 11.8 Å². The molecule has 1 aromatic carbocycles. The van der Waals surface area contributed by atoms with Gasteiger partial charge in [0.25, 0.3) is 0 Å². The summed E-state index contributed by atoms with van der Waals surface area (Å²) in [5.41, 5.74) is 0.309. The summed E-state index contributed by atoms with van der Waals surface area (Å²) in [6.07, 6.45) is 0. The number of ether oxygens (including phenoxy) is 1. The van der Waals surface area contributed by atoms with Gasteiger partial charge in [-0.15, -0.1) is 0 Å². The third kappa shape index (κ3) is 2.65. The second kappa shape index (κ2) is 4.87. The largest absolute Gasteiger partial charge is 0.486 e. The smallest absolute Gasteiger partial charge is 0.339 e. The molecule has 0 atom stereocenters. The van der Waals surface area contributed by atoms with Crippen molar-refractivity contribution in [3.63, 3.8) is 0 Å². The first-order valence-corrected chi connectivity index (χ1v) is 5.14. The summed E-state index contributed by atoms with van der Waals surface area (Å²) in [5.74, 6) is -1.16. The lowest BCUT2D eigenvalue weighted by molar-refractivity contribution is 0.0691. The van der Waals surface area contributed by atoms with Crippen molar-refractivity contribution in [2.24, 2.45) is 0 Å². The Morgan fingerprint density at radius 1 is 1.50 bits per heavy atom. The van der Waals surface area contributed by atoms with Crippen molar-refractivity contribution in [1.82, 2.24) is 5.16 Å². The standard InChI is InChI=1S/C12H10FNO4/c1-7-4-9(14-18-7)6-17-11-3-2-8(13)5-10(11)12(15)16/h2-5H,6H2,1H3,(H,15,16). The Kier molecular flexibility index (Phi) is 3.27. The number of aromatic carboxylic acids is 1. The van der Waals surface area contributed by atoms with Crippen molar-refractivity contribution in [2.45, 2.75) is 13.5 Å². The number of aromatic nitrogens is 1. The van der Waals surface area contributed by atoms with Crippen molar-refractivity contribution in [2.75, 3.05) is 0 Å². The minimum atomic E-state index is -1.25. The van der Waals surface area contributed by atoms with Gasteiger partial charge < -0.3 is 14.4 Å². The molecule has 1 N–H and O–H groups in total. The van der Waals surface area contributed by atoms with Gasteiger partial charge in [-0.3, -0.25) is 0 Å². The Morgan fingerprint density at radius 3 is 2.89 bits per heavy atom. The maximum atomic E-state index is 12.9. The number of hydrogen-bond donors (Lipinski definition) is 1. The van der Waals surface area contributed by atoms with E-state index in [-0.39, 0.29) is 17.9 Å². The summed E-state index contributed by atoms with van der Waals surface area (Å²) in [5, 5.41) is 12.6. The lowest BCUT2D eigenvalue weighted by Crippen LogP contribution is -2.04. The number of carbonyl (C=O) groups is 1. The van der Waals surface area contributed by atoms with E-state index in [4.69, 9.17) is 14.4 Å². The normalized spacial score (nSPS) is 10.3. The third-order valence-electron chi connectivity index (χ3n) is 2.22. The molecule has 0 unspecified atom stereocenters. The monoisotopic (exact) mass is 251 g/mol. The van der Waals surface area contributed by atoms with Crippen LogP contribution in [0.5, 0.6) is 5.75 Å². The number of halogens is 1. The first-order valence-electron chi connectivity index (χ1n) is 5.14. The predicted octanol–water partition coefficient (Wildman–Crippen LogP) is 2.40. The lowest BCUT2D eigenvalue weighted by Gasteiger charge is -2.07. The molecule has 2 aromatic rings. The van der Waals surface area contributed by atoms with Crippen LogP contribution in [-0.2, 0) is 6.61 Å². The summed E-state index contributed by atoms with van der Waals surface area (Å²) in [7, 11) is 0. The molecule has 0 aliphatic rings. The number of carboxylic acid groups (broad SMARTS) is 1. The Hall–Kier alpha value is -2.37. The van der Waals surface area contributed by atoms with Crippen LogP contribution in [-0.4, -0.2) is 16.2 Å². The van der Waals surface area contributed by atoms with Gasteiger partial charge in [-0.1, -0.05) is 5.16 Å². The van der Waals surface area contributed by atoms with E-state index in [0.717, 1.165) is 12.1 Å². The molecule has 0 amide bonds. The quantitative estimate of drug-likeness (QED) is 0.903. The van der Waals surface area contributed by atoms with Crippen LogP contribution in [0.3, 0.4) is 0 Å². The van der Waals surface area contributed by atoms with Crippen molar-refractivity contribution in [1.29, 1.82) is 0 Å². The molecule has 0 aliphatic carbocycles. The molecule has 0 saturated carbocycles. The molecule has 0 radical (unpaired) electrons. The first kappa shape index (κ1) is 12.1. The van der Waals surface area contributed by atoms with Crippen LogP contribution in [0.4, 0.5) is 4.39 Å². The van der Waals surface area contributed by atoms with E-state index >= 15 is 0 Å². The fraction of sp³-hybridized carbons (Fsp3) is 0.167. The molecular weight excluding hydrogens is 241 g/mol. The first-order chi connectivity index (χ1) is 8.56. The average Bonchev–Trinajstić information content (AvgIpc) is 2.73. The molecule has 1 heterocycles. The number of rotatable bonds is 4. The van der Waals surface area contributed by atoms with Gasteiger partial charge in [-0.2, -0.15) is 0 Å². The topological polar surface area (TPSA) is 72.6 Å². The number of carboxylic acids is 1. The second-order valence-corrected chi connectivity index (χ2v) is 3.66. The van der Waals surface area contributed by atoms with Gasteiger partial charge in [0.2, 0.25) is 0 Å². The number of benzene rings is 1. The fourth-order valence-corrected chi connectivity index (χ4v) is 1.43. The molecule has 94 valence electrons. The molecule has 6 heteroatoms. The van der Waals surface area contributed by atoms with Gasteiger partial charge in [-0.25, -0.2) is 9.18 Å². The van der Waals surface area contributed by atoms with E-state index in [2.05, 4.69) is 5.16 Å². The van der Waals surface area contributed by atoms with Crippen LogP contribution < -0.4 is 4.74 Å². The third-order valence-corrected chi connectivity index (χ3v) is 2.22. The van der Waals surface area contributed by atoms with Crippen LogP contribution in [0.15, 0.2) is 28.8 Å². The van der Waals surface area contributed by atoms with Crippen LogP contribution >= 0.6 is 0 Å². The maximum absolute atomic E-state index is 12.9. The van der Waals surface area contributed by atoms with Gasteiger partial charge >= 0.3 is 5.97 Å². The van der Waals surface area contributed by atoms with Gasteiger partial charge in [0, 0.05) is 6.07 Å². The highest BCUT2D eigenvalue weighted by Gasteiger charge is 2.13. The summed E-state index contributed by atoms with van der Waals surface area (Å²) in [6, 6.07) is 4.98. The number of aryl methyl sites for hydroxylation is 1. The van der Waals surface area contributed by atoms with Crippen molar-refractivity contribution >= 4 is 5.97 Å². The highest BCUT2D eigenvalue weighted by Crippen LogP contribution is 2.21. The van der Waals surface area contributed by atoms with Crippen molar-refractivity contribution in [3.8, 4) is 5.75 Å². The van der Waals surface area contributed by atoms with Gasteiger partial charge in [-0.05, 0) is 25.1 Å². The van der Waals surface area contributed by atoms with Crippen molar-refractivity contribution in [3.05, 3.63) is 47.1 Å². The van der Waals surface area contributed by atoms with E-state index in [0.29, 0.717) is 11.5 Å². The zero-order valence-corrected chi connectivity index (χ0v) is 9.51. The lowest BCUT2D eigenvalue weighted by atomic mass is 10.2. The summed E-state index contributed by atoms with van der Waals surface area (Å²) >= 11 is 0. The Labute approximate surface area is 102 Å². The van der Waals surface area contributed by atoms with E-state index in [1.807, 2.05) is 0 Å². The maximum Gasteiger partial charge on any atom is 0.339 e. The van der Waals surface area contributed by atoms with Crippen LogP contribution in [0.25, 0.3) is 0 Å². The average molecular weight is 251 g/mol. The van der Waals surface area contributed by atoms with Crippen LogP contribution in [0, 0.1) is 12.7 Å². The van der Waals surface area contributed by atoms with Crippen molar-refractivity contribution < 1.29 is 23.6 Å². The van der Waals surface area contributed by atoms with Gasteiger partial charge in [0.15, 0.2) is 0 Å². The minimum absolute atomic E-state index is 0.0588. The van der Waals surface area contributed by atoms with Gasteiger partial charge in [0.05, 0.1) is 0 Å². The minimum Gasteiger partial charge on any atom is -0.486 e. The SMILES string of the molecule is Cc1cc(COc2ccc(F)cc2C(=O)O)no1. The van der Waals surface area contributed by atoms with Crippen LogP contribution in [0.1, 0.15) is 21.8 Å². The second-order valence-electron chi connectivity index (χ2n) is 3.66. The Morgan fingerprint density at radius 2 is 2.28 bits per heavy atom. The molecule has 0 saturated heterocycles. The Bertz CT molecular complexity index is 579. The number of nitrogens with zero attached hydrogens (tertiary/aromatic N) is 1. The van der Waals surface area contributed by atoms with Crippen LogP contribution in [0.2, 0.25) is 0 Å². The predicted molar refractivity (Wildman–Crippen MR) is 58.9 cm³/mol. The highest BCUT2D eigenvalue weighted by atomic mass is 19.1. The Balaban J connectivity index is 2.16. The summed E-state index contributed by atoms with van der Waals surface area (Å²) < 4.78 is 23.1. The highest BCUT2D eigenvalue weighted by molar-refractivity contribution is 5.90. The molecule has 0 aliphatic heterocycles. The molecule has 2 rings (SSSR count). The molecule has 0 spiro atoms. The summed E-state index contributed by atoms with van der Waals surface area (Å²) in [4.78, 5) is 10.9. The zero-order valence-electron chi connectivity index (χ0n) is 9.51. The molecule has 1 aromatic heterocycles. The molecular formula is C12H10FNO4. The molecule has 0 fully saturated rings.